The summed E-state index contributed by atoms with van der Waals surface area (Å²) in [6.45, 7) is 4.68. The first kappa shape index (κ1) is 13.1. The van der Waals surface area contributed by atoms with E-state index >= 15 is 0 Å². The minimum atomic E-state index is 0.775. The molecule has 0 unspecified atom stereocenters. The van der Waals surface area contributed by atoms with Crippen molar-refractivity contribution < 1.29 is 4.74 Å². The lowest BCUT2D eigenvalue weighted by Crippen LogP contribution is -2.30. The summed E-state index contributed by atoms with van der Waals surface area (Å²) in [6, 6.07) is 4.11. The predicted molar refractivity (Wildman–Crippen MR) is 65.6 cm³/mol. The van der Waals surface area contributed by atoms with Crippen LogP contribution in [0.15, 0.2) is 24.5 Å². The lowest BCUT2D eigenvalue weighted by atomic mass is 10.2. The van der Waals surface area contributed by atoms with Crippen LogP contribution in [-0.2, 0) is 11.2 Å². The van der Waals surface area contributed by atoms with Gasteiger partial charge in [0.1, 0.15) is 0 Å². The molecule has 90 valence electrons. The highest BCUT2D eigenvalue weighted by molar-refractivity contribution is 5.09. The van der Waals surface area contributed by atoms with Gasteiger partial charge in [0.15, 0.2) is 0 Å². The Hall–Kier alpha value is -0.970. The number of pyridine rings is 1. The summed E-state index contributed by atoms with van der Waals surface area (Å²) < 4.78 is 4.94. The van der Waals surface area contributed by atoms with Crippen molar-refractivity contribution in [2.45, 2.75) is 6.42 Å². The number of ether oxygens (including phenoxy) is 1. The Morgan fingerprint density at radius 3 is 2.44 bits per heavy atom. The molecule has 0 saturated carbocycles. The van der Waals surface area contributed by atoms with Gasteiger partial charge in [-0.05, 0) is 30.7 Å². The second-order valence-corrected chi connectivity index (χ2v) is 3.60. The Morgan fingerprint density at radius 2 is 1.75 bits per heavy atom. The van der Waals surface area contributed by atoms with E-state index in [2.05, 4.69) is 27.8 Å². The van der Waals surface area contributed by atoms with Gasteiger partial charge in [-0.25, -0.2) is 0 Å². The van der Waals surface area contributed by atoms with Gasteiger partial charge in [0.05, 0.1) is 6.61 Å². The van der Waals surface area contributed by atoms with E-state index in [4.69, 9.17) is 4.74 Å². The zero-order chi connectivity index (χ0) is 11.5. The van der Waals surface area contributed by atoms with Crippen LogP contribution in [0.4, 0.5) is 0 Å². The third kappa shape index (κ3) is 6.50. The molecule has 0 aromatic carbocycles. The molecule has 4 heteroatoms. The molecule has 0 aliphatic carbocycles. The molecule has 1 aromatic rings. The largest absolute Gasteiger partial charge is 0.383 e. The van der Waals surface area contributed by atoms with Gasteiger partial charge in [0.2, 0.25) is 0 Å². The van der Waals surface area contributed by atoms with E-state index in [0.717, 1.165) is 39.2 Å². The van der Waals surface area contributed by atoms with Crippen molar-refractivity contribution in [3.05, 3.63) is 30.1 Å². The quantitative estimate of drug-likeness (QED) is 0.597. The van der Waals surface area contributed by atoms with Crippen molar-refractivity contribution in [3.8, 4) is 0 Å². The lowest BCUT2D eigenvalue weighted by molar-refractivity contribution is 0.199. The molecule has 0 amide bonds. The Morgan fingerprint density at radius 1 is 1.06 bits per heavy atom. The molecular formula is C12H21N3O. The average molecular weight is 223 g/mol. The van der Waals surface area contributed by atoms with Gasteiger partial charge in [-0.2, -0.15) is 0 Å². The van der Waals surface area contributed by atoms with E-state index in [1.807, 2.05) is 12.4 Å². The maximum atomic E-state index is 4.94. The SMILES string of the molecule is COCCNCCNCCc1ccncc1. The van der Waals surface area contributed by atoms with Crippen molar-refractivity contribution in [3.63, 3.8) is 0 Å². The zero-order valence-electron chi connectivity index (χ0n) is 9.91. The predicted octanol–water partition coefficient (Wildman–Crippen LogP) is 0.450. The molecule has 4 nitrogen and oxygen atoms in total. The van der Waals surface area contributed by atoms with Crippen LogP contribution in [0.2, 0.25) is 0 Å². The Labute approximate surface area is 97.4 Å². The number of rotatable bonds is 9. The number of hydrogen-bond acceptors (Lipinski definition) is 4. The second-order valence-electron chi connectivity index (χ2n) is 3.60. The minimum absolute atomic E-state index is 0.775. The Bertz CT molecular complexity index is 254. The van der Waals surface area contributed by atoms with Crippen LogP contribution in [0.1, 0.15) is 5.56 Å². The van der Waals surface area contributed by atoms with Crippen molar-refractivity contribution in [2.24, 2.45) is 0 Å². The lowest BCUT2D eigenvalue weighted by Gasteiger charge is -2.06. The molecule has 0 aliphatic rings. The van der Waals surface area contributed by atoms with Crippen molar-refractivity contribution in [2.75, 3.05) is 39.9 Å². The third-order valence-corrected chi connectivity index (χ3v) is 2.30. The molecule has 0 spiro atoms. The second kappa shape index (κ2) is 9.27. The average Bonchev–Trinajstić information content (AvgIpc) is 2.34. The summed E-state index contributed by atoms with van der Waals surface area (Å²) in [5.74, 6) is 0. The highest BCUT2D eigenvalue weighted by atomic mass is 16.5. The standard InChI is InChI=1S/C12H21N3O/c1-16-11-10-15-9-8-14-7-4-12-2-5-13-6-3-12/h2-3,5-6,14-15H,4,7-11H2,1H3. The van der Waals surface area contributed by atoms with Crippen molar-refractivity contribution in [1.29, 1.82) is 0 Å². The highest BCUT2D eigenvalue weighted by Crippen LogP contribution is 1.95. The Kier molecular flexibility index (Phi) is 7.59. The summed E-state index contributed by atoms with van der Waals surface area (Å²) in [6.07, 6.45) is 4.73. The summed E-state index contributed by atoms with van der Waals surface area (Å²) in [4.78, 5) is 3.99. The zero-order valence-corrected chi connectivity index (χ0v) is 9.91. The number of aromatic nitrogens is 1. The topological polar surface area (TPSA) is 46.2 Å². The van der Waals surface area contributed by atoms with Gasteiger partial charge in [-0.1, -0.05) is 0 Å². The van der Waals surface area contributed by atoms with Crippen molar-refractivity contribution in [1.82, 2.24) is 15.6 Å². The van der Waals surface area contributed by atoms with Crippen LogP contribution in [0, 0.1) is 0 Å². The highest BCUT2D eigenvalue weighted by Gasteiger charge is 1.91. The van der Waals surface area contributed by atoms with Gasteiger partial charge in [0, 0.05) is 39.1 Å². The van der Waals surface area contributed by atoms with E-state index < -0.39 is 0 Å². The number of nitrogens with one attached hydrogen (secondary N) is 2. The molecule has 0 aliphatic heterocycles. The van der Waals surface area contributed by atoms with Gasteiger partial charge < -0.3 is 15.4 Å². The maximum Gasteiger partial charge on any atom is 0.0587 e. The van der Waals surface area contributed by atoms with E-state index in [-0.39, 0.29) is 0 Å². The van der Waals surface area contributed by atoms with Crippen LogP contribution < -0.4 is 10.6 Å². The van der Waals surface area contributed by atoms with E-state index in [1.54, 1.807) is 7.11 Å². The smallest absolute Gasteiger partial charge is 0.0587 e. The number of nitrogens with zero attached hydrogens (tertiary/aromatic N) is 1. The molecule has 1 rings (SSSR count). The van der Waals surface area contributed by atoms with E-state index in [1.165, 1.54) is 5.56 Å². The van der Waals surface area contributed by atoms with Crippen LogP contribution in [0.3, 0.4) is 0 Å². The summed E-state index contributed by atoms with van der Waals surface area (Å²) >= 11 is 0. The monoisotopic (exact) mass is 223 g/mol. The molecule has 0 saturated heterocycles. The van der Waals surface area contributed by atoms with Crippen LogP contribution in [0.5, 0.6) is 0 Å². The van der Waals surface area contributed by atoms with Gasteiger partial charge in [-0.3, -0.25) is 4.98 Å². The normalized spacial score (nSPS) is 10.6. The van der Waals surface area contributed by atoms with Gasteiger partial charge in [-0.15, -0.1) is 0 Å². The fourth-order valence-corrected chi connectivity index (χ4v) is 1.38. The fourth-order valence-electron chi connectivity index (χ4n) is 1.38. The van der Waals surface area contributed by atoms with Crippen LogP contribution in [0.25, 0.3) is 0 Å². The van der Waals surface area contributed by atoms with Gasteiger partial charge >= 0.3 is 0 Å². The van der Waals surface area contributed by atoms with E-state index in [0.29, 0.717) is 0 Å². The molecule has 0 fully saturated rings. The Balaban J connectivity index is 1.89. The molecule has 1 aromatic heterocycles. The molecule has 0 atom stereocenters. The first-order chi connectivity index (χ1) is 7.93. The molecule has 2 N–H and O–H groups in total. The number of hydrogen-bond donors (Lipinski definition) is 2. The summed E-state index contributed by atoms with van der Waals surface area (Å²) in [5.41, 5.74) is 1.33. The van der Waals surface area contributed by atoms with Crippen LogP contribution in [-0.4, -0.2) is 44.9 Å². The molecule has 16 heavy (non-hydrogen) atoms. The third-order valence-electron chi connectivity index (χ3n) is 2.30. The molecular weight excluding hydrogens is 202 g/mol. The van der Waals surface area contributed by atoms with Crippen molar-refractivity contribution >= 4 is 0 Å². The molecule has 0 radical (unpaired) electrons. The number of methoxy groups -OCH3 is 1. The molecule has 1 heterocycles. The van der Waals surface area contributed by atoms with Crippen LogP contribution >= 0.6 is 0 Å². The van der Waals surface area contributed by atoms with Gasteiger partial charge in [0.25, 0.3) is 0 Å². The first-order valence-corrected chi connectivity index (χ1v) is 5.73. The maximum absolute atomic E-state index is 4.94. The molecule has 0 bridgehead atoms. The van der Waals surface area contributed by atoms with E-state index in [9.17, 15) is 0 Å². The fraction of sp³-hybridized carbons (Fsp3) is 0.583. The summed E-state index contributed by atoms with van der Waals surface area (Å²) in [7, 11) is 1.72. The minimum Gasteiger partial charge on any atom is -0.383 e. The first-order valence-electron chi connectivity index (χ1n) is 5.73. The summed E-state index contributed by atoms with van der Waals surface area (Å²) in [5, 5.41) is 6.67.